The third-order valence-electron chi connectivity index (χ3n) is 4.79. The van der Waals surface area contributed by atoms with Gasteiger partial charge in [-0.25, -0.2) is 0 Å². The standard InChI is InChI=1S/C21H25NO3/c1-24-19-12-10-15(14-20(19)25-2)11-13-21(23)22-18-9-5-7-16-6-3-4-8-17(16)18/h3-4,6,8,10,12,14,18H,5,7,9,11,13H2,1-2H3,(H,22,23)/t18-/m1/s1. The first-order valence-electron chi connectivity index (χ1n) is 8.79. The number of amides is 1. The van der Waals surface area contributed by atoms with Crippen molar-refractivity contribution in [2.45, 2.75) is 38.1 Å². The van der Waals surface area contributed by atoms with Crippen LogP contribution in [-0.4, -0.2) is 20.1 Å². The Morgan fingerprint density at radius 1 is 1.12 bits per heavy atom. The van der Waals surface area contributed by atoms with Gasteiger partial charge in [0.2, 0.25) is 5.91 Å². The zero-order valence-electron chi connectivity index (χ0n) is 14.9. The topological polar surface area (TPSA) is 47.6 Å². The predicted octanol–water partition coefficient (Wildman–Crippen LogP) is 3.83. The number of benzene rings is 2. The molecule has 25 heavy (non-hydrogen) atoms. The Balaban J connectivity index is 1.59. The number of aryl methyl sites for hydroxylation is 2. The second-order valence-corrected chi connectivity index (χ2v) is 6.40. The first kappa shape index (κ1) is 17.3. The van der Waals surface area contributed by atoms with Gasteiger partial charge in [-0.05, 0) is 54.5 Å². The molecule has 2 aromatic rings. The Labute approximate surface area is 149 Å². The number of ether oxygens (including phenoxy) is 2. The summed E-state index contributed by atoms with van der Waals surface area (Å²) in [6, 6.07) is 14.3. The average molecular weight is 339 g/mol. The van der Waals surface area contributed by atoms with Gasteiger partial charge in [0.15, 0.2) is 11.5 Å². The van der Waals surface area contributed by atoms with Gasteiger partial charge in [-0.3, -0.25) is 4.79 Å². The summed E-state index contributed by atoms with van der Waals surface area (Å²) in [5, 5.41) is 3.20. The number of nitrogens with one attached hydrogen (secondary N) is 1. The molecule has 132 valence electrons. The first-order valence-corrected chi connectivity index (χ1v) is 8.79. The fourth-order valence-corrected chi connectivity index (χ4v) is 3.46. The van der Waals surface area contributed by atoms with Crippen molar-refractivity contribution >= 4 is 5.91 Å². The summed E-state index contributed by atoms with van der Waals surface area (Å²) in [5.74, 6) is 1.49. The normalized spacial score (nSPS) is 16.0. The Morgan fingerprint density at radius 3 is 2.72 bits per heavy atom. The highest BCUT2D eigenvalue weighted by atomic mass is 16.5. The Hall–Kier alpha value is -2.49. The molecule has 0 radical (unpaired) electrons. The number of fused-ring (bicyclic) bond motifs is 1. The molecule has 1 N–H and O–H groups in total. The lowest BCUT2D eigenvalue weighted by molar-refractivity contribution is -0.121. The minimum atomic E-state index is 0.0940. The van der Waals surface area contributed by atoms with Gasteiger partial charge < -0.3 is 14.8 Å². The highest BCUT2D eigenvalue weighted by Crippen LogP contribution is 2.30. The zero-order valence-corrected chi connectivity index (χ0v) is 14.9. The van der Waals surface area contributed by atoms with E-state index in [0.717, 1.165) is 24.8 Å². The molecule has 0 heterocycles. The van der Waals surface area contributed by atoms with Crippen molar-refractivity contribution in [1.29, 1.82) is 0 Å². The van der Waals surface area contributed by atoms with E-state index in [1.807, 2.05) is 24.3 Å². The van der Waals surface area contributed by atoms with E-state index in [4.69, 9.17) is 9.47 Å². The minimum absolute atomic E-state index is 0.0940. The third-order valence-corrected chi connectivity index (χ3v) is 4.79. The molecule has 0 bridgehead atoms. The van der Waals surface area contributed by atoms with Crippen LogP contribution >= 0.6 is 0 Å². The van der Waals surface area contributed by atoms with Gasteiger partial charge in [-0.1, -0.05) is 30.3 Å². The number of carbonyl (C=O) groups excluding carboxylic acids is 1. The van der Waals surface area contributed by atoms with Crippen molar-refractivity contribution in [1.82, 2.24) is 5.32 Å². The van der Waals surface area contributed by atoms with Crippen LogP contribution in [0.2, 0.25) is 0 Å². The fourth-order valence-electron chi connectivity index (χ4n) is 3.46. The van der Waals surface area contributed by atoms with E-state index < -0.39 is 0 Å². The maximum Gasteiger partial charge on any atom is 0.220 e. The number of carbonyl (C=O) groups is 1. The van der Waals surface area contributed by atoms with Crippen LogP contribution in [0.15, 0.2) is 42.5 Å². The third kappa shape index (κ3) is 4.13. The van der Waals surface area contributed by atoms with Crippen molar-refractivity contribution in [2.24, 2.45) is 0 Å². The molecule has 1 amide bonds. The van der Waals surface area contributed by atoms with E-state index in [9.17, 15) is 4.79 Å². The van der Waals surface area contributed by atoms with Gasteiger partial charge in [0.05, 0.1) is 20.3 Å². The monoisotopic (exact) mass is 339 g/mol. The number of hydrogen-bond acceptors (Lipinski definition) is 3. The molecular weight excluding hydrogens is 314 g/mol. The minimum Gasteiger partial charge on any atom is -0.493 e. The molecule has 0 unspecified atom stereocenters. The van der Waals surface area contributed by atoms with Crippen LogP contribution in [0, 0.1) is 0 Å². The lowest BCUT2D eigenvalue weighted by atomic mass is 9.87. The van der Waals surface area contributed by atoms with Crippen LogP contribution in [0.1, 0.15) is 42.0 Å². The van der Waals surface area contributed by atoms with E-state index in [-0.39, 0.29) is 11.9 Å². The molecular formula is C21H25NO3. The van der Waals surface area contributed by atoms with Crippen LogP contribution in [0.3, 0.4) is 0 Å². The molecule has 1 aliphatic rings. The van der Waals surface area contributed by atoms with Gasteiger partial charge in [-0.15, -0.1) is 0 Å². The van der Waals surface area contributed by atoms with Gasteiger partial charge in [-0.2, -0.15) is 0 Å². The van der Waals surface area contributed by atoms with Crippen LogP contribution in [0.25, 0.3) is 0 Å². The molecule has 0 spiro atoms. The smallest absolute Gasteiger partial charge is 0.220 e. The first-order chi connectivity index (χ1) is 12.2. The van der Waals surface area contributed by atoms with Crippen LogP contribution in [-0.2, 0) is 17.6 Å². The van der Waals surface area contributed by atoms with E-state index in [2.05, 4.69) is 23.5 Å². The quantitative estimate of drug-likeness (QED) is 0.870. The highest BCUT2D eigenvalue weighted by molar-refractivity contribution is 5.76. The van der Waals surface area contributed by atoms with Crippen molar-refractivity contribution in [3.05, 3.63) is 59.2 Å². The SMILES string of the molecule is COc1ccc(CCC(=O)N[C@@H]2CCCc3ccccc32)cc1OC. The summed E-state index contributed by atoms with van der Waals surface area (Å²) >= 11 is 0. The lowest BCUT2D eigenvalue weighted by Crippen LogP contribution is -2.31. The van der Waals surface area contributed by atoms with E-state index in [1.54, 1.807) is 14.2 Å². The molecule has 0 aliphatic heterocycles. The molecule has 0 saturated heterocycles. The van der Waals surface area contributed by atoms with Gasteiger partial charge in [0.1, 0.15) is 0 Å². The number of hydrogen-bond donors (Lipinski definition) is 1. The summed E-state index contributed by atoms with van der Waals surface area (Å²) in [5.41, 5.74) is 3.70. The molecule has 4 heteroatoms. The Morgan fingerprint density at radius 2 is 1.92 bits per heavy atom. The summed E-state index contributed by atoms with van der Waals surface area (Å²) in [6.07, 6.45) is 4.39. The van der Waals surface area contributed by atoms with Gasteiger partial charge >= 0.3 is 0 Å². The second kappa shape index (κ2) is 8.06. The van der Waals surface area contributed by atoms with Gasteiger partial charge in [0, 0.05) is 6.42 Å². The fraction of sp³-hybridized carbons (Fsp3) is 0.381. The van der Waals surface area contributed by atoms with Gasteiger partial charge in [0.25, 0.3) is 0 Å². The van der Waals surface area contributed by atoms with Crippen molar-refractivity contribution in [3.63, 3.8) is 0 Å². The zero-order chi connectivity index (χ0) is 17.6. The lowest BCUT2D eigenvalue weighted by Gasteiger charge is -2.26. The average Bonchev–Trinajstić information content (AvgIpc) is 2.66. The molecule has 1 atom stereocenters. The molecule has 2 aromatic carbocycles. The van der Waals surface area contributed by atoms with E-state index >= 15 is 0 Å². The Bertz CT molecular complexity index is 742. The van der Waals surface area contributed by atoms with E-state index in [0.29, 0.717) is 24.3 Å². The van der Waals surface area contributed by atoms with Crippen molar-refractivity contribution < 1.29 is 14.3 Å². The van der Waals surface area contributed by atoms with Crippen LogP contribution in [0.4, 0.5) is 0 Å². The number of methoxy groups -OCH3 is 2. The highest BCUT2D eigenvalue weighted by Gasteiger charge is 2.21. The summed E-state index contributed by atoms with van der Waals surface area (Å²) in [7, 11) is 3.24. The molecule has 3 rings (SSSR count). The molecule has 0 fully saturated rings. The predicted molar refractivity (Wildman–Crippen MR) is 98.1 cm³/mol. The van der Waals surface area contributed by atoms with Crippen molar-refractivity contribution in [2.75, 3.05) is 14.2 Å². The second-order valence-electron chi connectivity index (χ2n) is 6.40. The largest absolute Gasteiger partial charge is 0.493 e. The maximum atomic E-state index is 12.4. The Kier molecular flexibility index (Phi) is 5.59. The van der Waals surface area contributed by atoms with Crippen molar-refractivity contribution in [3.8, 4) is 11.5 Å². The molecule has 1 aliphatic carbocycles. The van der Waals surface area contributed by atoms with Crippen LogP contribution < -0.4 is 14.8 Å². The van der Waals surface area contributed by atoms with Crippen LogP contribution in [0.5, 0.6) is 11.5 Å². The summed E-state index contributed by atoms with van der Waals surface area (Å²) in [6.45, 7) is 0. The maximum absolute atomic E-state index is 12.4. The molecule has 4 nitrogen and oxygen atoms in total. The summed E-state index contributed by atoms with van der Waals surface area (Å²) < 4.78 is 10.6. The summed E-state index contributed by atoms with van der Waals surface area (Å²) in [4.78, 5) is 12.4. The van der Waals surface area contributed by atoms with E-state index in [1.165, 1.54) is 11.1 Å². The number of rotatable bonds is 6. The molecule has 0 aromatic heterocycles. The molecule has 0 saturated carbocycles.